The van der Waals surface area contributed by atoms with Crippen molar-refractivity contribution in [1.29, 1.82) is 0 Å². The summed E-state index contributed by atoms with van der Waals surface area (Å²) in [5, 5.41) is 11.6. The van der Waals surface area contributed by atoms with Gasteiger partial charge in [-0.05, 0) is 35.0 Å². The van der Waals surface area contributed by atoms with E-state index in [1.165, 1.54) is 15.5 Å². The number of anilines is 1. The van der Waals surface area contributed by atoms with Crippen LogP contribution in [0.15, 0.2) is 48.7 Å². The number of rotatable bonds is 3. The molecule has 1 aromatic carbocycles. The molecule has 1 aliphatic carbocycles. The summed E-state index contributed by atoms with van der Waals surface area (Å²) in [4.78, 5) is 17.7. The lowest BCUT2D eigenvalue weighted by molar-refractivity contribution is -0.389. The maximum Gasteiger partial charge on any atom is 0.372 e. The van der Waals surface area contributed by atoms with Crippen LogP contribution in [-0.2, 0) is 6.42 Å². The van der Waals surface area contributed by atoms with Crippen LogP contribution in [0.25, 0.3) is 5.65 Å². The van der Waals surface area contributed by atoms with Gasteiger partial charge in [-0.15, -0.1) is 0 Å². The number of aromatic nitrogens is 2. The summed E-state index contributed by atoms with van der Waals surface area (Å²) in [6.07, 6.45) is 3.62. The predicted molar refractivity (Wildman–Crippen MR) is 87.8 cm³/mol. The number of imidazole rings is 1. The van der Waals surface area contributed by atoms with Crippen molar-refractivity contribution in [1.82, 2.24) is 9.38 Å². The molecular formula is C17H16N4O2. The van der Waals surface area contributed by atoms with Crippen LogP contribution < -0.4 is 4.90 Å². The normalized spacial score (nSPS) is 16.5. The minimum Gasteiger partial charge on any atom is -0.358 e. The zero-order valence-corrected chi connectivity index (χ0v) is 12.7. The van der Waals surface area contributed by atoms with E-state index in [-0.39, 0.29) is 16.8 Å². The fourth-order valence-electron chi connectivity index (χ4n) is 3.46. The Morgan fingerprint density at radius 1 is 1.26 bits per heavy atom. The van der Waals surface area contributed by atoms with Gasteiger partial charge in [0.05, 0.1) is 12.2 Å². The van der Waals surface area contributed by atoms with Gasteiger partial charge >= 0.3 is 5.82 Å². The molecule has 116 valence electrons. The Morgan fingerprint density at radius 3 is 2.87 bits per heavy atom. The number of nitro groups is 1. The van der Waals surface area contributed by atoms with Crippen LogP contribution in [0.3, 0.4) is 0 Å². The molecule has 23 heavy (non-hydrogen) atoms. The van der Waals surface area contributed by atoms with Crippen molar-refractivity contribution in [3.8, 4) is 0 Å². The molecule has 0 spiro atoms. The van der Waals surface area contributed by atoms with Crippen molar-refractivity contribution in [3.63, 3.8) is 0 Å². The Bertz CT molecular complexity index is 902. The highest BCUT2D eigenvalue weighted by Crippen LogP contribution is 2.39. The lowest BCUT2D eigenvalue weighted by Crippen LogP contribution is -2.23. The minimum absolute atomic E-state index is 0.0208. The largest absolute Gasteiger partial charge is 0.372 e. The Labute approximate surface area is 133 Å². The van der Waals surface area contributed by atoms with Gasteiger partial charge in [-0.25, -0.2) is 0 Å². The van der Waals surface area contributed by atoms with Crippen LogP contribution in [0.2, 0.25) is 0 Å². The number of aryl methyl sites for hydroxylation is 1. The summed E-state index contributed by atoms with van der Waals surface area (Å²) < 4.78 is 1.53. The van der Waals surface area contributed by atoms with E-state index < -0.39 is 0 Å². The number of benzene rings is 1. The van der Waals surface area contributed by atoms with Crippen LogP contribution in [0.1, 0.15) is 23.6 Å². The van der Waals surface area contributed by atoms with Gasteiger partial charge in [0, 0.05) is 13.1 Å². The predicted octanol–water partition coefficient (Wildman–Crippen LogP) is 3.37. The Hall–Kier alpha value is -2.89. The molecule has 0 N–H and O–H groups in total. The maximum absolute atomic E-state index is 11.6. The Kier molecular flexibility index (Phi) is 3.04. The monoisotopic (exact) mass is 308 g/mol. The first-order valence-corrected chi connectivity index (χ1v) is 7.59. The molecule has 0 unspecified atom stereocenters. The molecule has 2 heterocycles. The lowest BCUT2D eigenvalue weighted by Gasteiger charge is -2.24. The van der Waals surface area contributed by atoms with Crippen LogP contribution in [0.4, 0.5) is 11.6 Å². The summed E-state index contributed by atoms with van der Waals surface area (Å²) >= 11 is 0. The summed E-state index contributed by atoms with van der Waals surface area (Å²) in [5.41, 5.74) is 3.14. The lowest BCUT2D eigenvalue weighted by atomic mass is 10.1. The van der Waals surface area contributed by atoms with Gasteiger partial charge in [-0.3, -0.25) is 0 Å². The van der Waals surface area contributed by atoms with Gasteiger partial charge in [0.15, 0.2) is 0 Å². The SMILES string of the molecule is CN(c1nc2ccccn2c1[N+](=O)[O-])[C@@H]1CCc2ccccc21. The number of hydrogen-bond acceptors (Lipinski definition) is 4. The zero-order valence-electron chi connectivity index (χ0n) is 12.7. The van der Waals surface area contributed by atoms with E-state index in [2.05, 4.69) is 17.1 Å². The van der Waals surface area contributed by atoms with Crippen LogP contribution in [-0.4, -0.2) is 21.4 Å². The van der Waals surface area contributed by atoms with Crippen molar-refractivity contribution >= 4 is 17.3 Å². The van der Waals surface area contributed by atoms with E-state index in [1.54, 1.807) is 18.3 Å². The van der Waals surface area contributed by atoms with E-state index in [9.17, 15) is 10.1 Å². The molecule has 0 fully saturated rings. The van der Waals surface area contributed by atoms with Gasteiger partial charge in [0.1, 0.15) is 0 Å². The van der Waals surface area contributed by atoms with Gasteiger partial charge in [0.2, 0.25) is 11.5 Å². The fourth-order valence-corrected chi connectivity index (χ4v) is 3.46. The topological polar surface area (TPSA) is 63.7 Å². The second-order valence-electron chi connectivity index (χ2n) is 5.81. The molecule has 0 saturated carbocycles. The smallest absolute Gasteiger partial charge is 0.358 e. The Morgan fingerprint density at radius 2 is 2.04 bits per heavy atom. The summed E-state index contributed by atoms with van der Waals surface area (Å²) in [6.45, 7) is 0. The van der Waals surface area contributed by atoms with Gasteiger partial charge in [-0.2, -0.15) is 9.38 Å². The van der Waals surface area contributed by atoms with E-state index in [1.807, 2.05) is 30.1 Å². The summed E-state index contributed by atoms with van der Waals surface area (Å²) in [5.74, 6) is 0.440. The molecule has 1 atom stereocenters. The molecule has 0 radical (unpaired) electrons. The molecule has 1 aliphatic rings. The van der Waals surface area contributed by atoms with Crippen molar-refractivity contribution in [3.05, 3.63) is 69.9 Å². The highest BCUT2D eigenvalue weighted by molar-refractivity contribution is 5.64. The molecule has 2 aromatic heterocycles. The van der Waals surface area contributed by atoms with Crippen molar-refractivity contribution in [2.75, 3.05) is 11.9 Å². The number of fused-ring (bicyclic) bond motifs is 2. The minimum atomic E-state index is -0.354. The van der Waals surface area contributed by atoms with Crippen molar-refractivity contribution in [2.24, 2.45) is 0 Å². The molecular weight excluding hydrogens is 292 g/mol. The number of pyridine rings is 1. The quantitative estimate of drug-likeness (QED) is 0.550. The number of nitrogens with zero attached hydrogens (tertiary/aromatic N) is 4. The third kappa shape index (κ3) is 2.06. The summed E-state index contributed by atoms with van der Waals surface area (Å²) in [6, 6.07) is 13.8. The molecule has 0 aliphatic heterocycles. The third-order valence-electron chi connectivity index (χ3n) is 4.56. The first kappa shape index (κ1) is 13.8. The molecule has 6 nitrogen and oxygen atoms in total. The maximum atomic E-state index is 11.6. The van der Waals surface area contributed by atoms with Crippen LogP contribution >= 0.6 is 0 Å². The van der Waals surface area contributed by atoms with Gasteiger partial charge in [0.25, 0.3) is 0 Å². The fraction of sp³-hybridized carbons (Fsp3) is 0.235. The summed E-state index contributed by atoms with van der Waals surface area (Å²) in [7, 11) is 1.89. The van der Waals surface area contributed by atoms with Crippen LogP contribution in [0.5, 0.6) is 0 Å². The molecule has 3 aromatic rings. The van der Waals surface area contributed by atoms with E-state index in [4.69, 9.17) is 0 Å². The molecule has 0 amide bonds. The first-order chi connectivity index (χ1) is 11.2. The zero-order chi connectivity index (χ0) is 16.0. The van der Waals surface area contributed by atoms with E-state index in [0.29, 0.717) is 11.5 Å². The highest BCUT2D eigenvalue weighted by atomic mass is 16.6. The van der Waals surface area contributed by atoms with E-state index in [0.717, 1.165) is 12.8 Å². The highest BCUT2D eigenvalue weighted by Gasteiger charge is 2.32. The Balaban J connectivity index is 1.83. The first-order valence-electron chi connectivity index (χ1n) is 7.59. The average Bonchev–Trinajstić information content (AvgIpc) is 3.15. The molecule has 0 saturated heterocycles. The molecule has 4 rings (SSSR count). The third-order valence-corrected chi connectivity index (χ3v) is 4.56. The standard InChI is InChI=1S/C17H16N4O2/c1-19(14-10-9-12-6-2-3-7-13(12)14)16-17(21(22)23)20-11-5-4-8-15(20)18-16/h2-8,11,14H,9-10H2,1H3/t14-/m1/s1. The van der Waals surface area contributed by atoms with Gasteiger partial charge in [-0.1, -0.05) is 30.3 Å². The van der Waals surface area contributed by atoms with Crippen molar-refractivity contribution in [2.45, 2.75) is 18.9 Å². The second-order valence-corrected chi connectivity index (χ2v) is 5.81. The average molecular weight is 308 g/mol. The van der Waals surface area contributed by atoms with Gasteiger partial charge < -0.3 is 15.0 Å². The van der Waals surface area contributed by atoms with Crippen molar-refractivity contribution < 1.29 is 4.92 Å². The van der Waals surface area contributed by atoms with E-state index >= 15 is 0 Å². The molecule has 0 bridgehead atoms. The second kappa shape index (κ2) is 5.08. The number of hydrogen-bond donors (Lipinski definition) is 0. The molecule has 6 heteroatoms. The van der Waals surface area contributed by atoms with Crippen LogP contribution in [0, 0.1) is 10.1 Å².